The molecule has 0 unspecified atom stereocenters. The summed E-state index contributed by atoms with van der Waals surface area (Å²) in [6.07, 6.45) is 7.64. The Morgan fingerprint density at radius 2 is 2.00 bits per heavy atom. The molecule has 0 aliphatic carbocycles. The molecule has 0 atom stereocenters. The first-order valence-corrected chi connectivity index (χ1v) is 8.92. The molecule has 0 radical (unpaired) electrons. The Labute approximate surface area is 139 Å². The normalized spacial score (nSPS) is 21.4. The highest BCUT2D eigenvalue weighted by atomic mass is 16.5. The zero-order valence-corrected chi connectivity index (χ0v) is 14.0. The van der Waals surface area contributed by atoms with E-state index in [0.717, 1.165) is 51.5 Å². The smallest absolute Gasteiger partial charge is 0.213 e. The molecule has 2 aliphatic rings. The summed E-state index contributed by atoms with van der Waals surface area (Å²) >= 11 is 0. The number of ether oxygens (including phenoxy) is 2. The van der Waals surface area contributed by atoms with Crippen LogP contribution in [0.2, 0.25) is 0 Å². The average Bonchev–Trinajstić information content (AvgIpc) is 3.13. The maximum Gasteiger partial charge on any atom is 0.213 e. The van der Waals surface area contributed by atoms with Gasteiger partial charge in [0.05, 0.1) is 6.61 Å². The Bertz CT molecular complexity index is 466. The van der Waals surface area contributed by atoms with Crippen LogP contribution in [0.25, 0.3) is 0 Å². The van der Waals surface area contributed by atoms with Gasteiger partial charge in [0.2, 0.25) is 5.88 Å². The van der Waals surface area contributed by atoms with Gasteiger partial charge in [-0.1, -0.05) is 6.07 Å². The molecule has 0 saturated carbocycles. The number of hydrogen-bond donors (Lipinski definition) is 1. The first-order valence-electron chi connectivity index (χ1n) is 8.92. The second kappa shape index (κ2) is 8.08. The quantitative estimate of drug-likeness (QED) is 0.779. The zero-order valence-electron chi connectivity index (χ0n) is 14.0. The van der Waals surface area contributed by atoms with Crippen molar-refractivity contribution in [2.45, 2.75) is 37.5 Å². The predicted molar refractivity (Wildman–Crippen MR) is 90.8 cm³/mol. The molecule has 5 nitrogen and oxygen atoms in total. The lowest BCUT2D eigenvalue weighted by Gasteiger charge is -2.36. The number of aromatic nitrogens is 1. The van der Waals surface area contributed by atoms with Crippen LogP contribution < -0.4 is 10.5 Å². The Hall–Kier alpha value is -1.17. The summed E-state index contributed by atoms with van der Waals surface area (Å²) in [4.78, 5) is 6.99. The minimum absolute atomic E-state index is 0.0273. The summed E-state index contributed by atoms with van der Waals surface area (Å²) < 4.78 is 11.3. The number of likely N-dealkylation sites (tertiary alicyclic amines) is 1. The van der Waals surface area contributed by atoms with E-state index >= 15 is 0 Å². The fourth-order valence-electron chi connectivity index (χ4n) is 3.62. The number of hydrogen-bond acceptors (Lipinski definition) is 5. The van der Waals surface area contributed by atoms with Crippen LogP contribution in [0.15, 0.2) is 18.3 Å². The fourth-order valence-corrected chi connectivity index (χ4v) is 3.62. The van der Waals surface area contributed by atoms with Gasteiger partial charge in [-0.25, -0.2) is 4.98 Å². The number of nitrogens with two attached hydrogens (primary N) is 1. The van der Waals surface area contributed by atoms with Crippen molar-refractivity contribution in [1.82, 2.24) is 9.88 Å². The summed E-state index contributed by atoms with van der Waals surface area (Å²) in [7, 11) is 0. The van der Waals surface area contributed by atoms with Crippen LogP contribution in [0.1, 0.15) is 37.7 Å². The van der Waals surface area contributed by atoms with Crippen LogP contribution >= 0.6 is 0 Å². The topological polar surface area (TPSA) is 60.6 Å². The Kier molecular flexibility index (Phi) is 5.86. The maximum atomic E-state index is 6.05. The van der Waals surface area contributed by atoms with E-state index in [4.69, 9.17) is 15.2 Å². The molecule has 3 rings (SSSR count). The molecule has 0 bridgehead atoms. The maximum absolute atomic E-state index is 6.05. The van der Waals surface area contributed by atoms with Gasteiger partial charge >= 0.3 is 0 Å². The van der Waals surface area contributed by atoms with Crippen molar-refractivity contribution in [1.29, 1.82) is 0 Å². The zero-order chi connectivity index (χ0) is 16.0. The highest BCUT2D eigenvalue weighted by molar-refractivity contribution is 5.27. The molecular weight excluding hydrogens is 290 g/mol. The SMILES string of the molecule is NCC1(c2ccc(OCCCN3CCCC3)nc2)CCOCC1. The predicted octanol–water partition coefficient (Wildman–Crippen LogP) is 1.95. The van der Waals surface area contributed by atoms with Gasteiger partial charge < -0.3 is 20.1 Å². The van der Waals surface area contributed by atoms with Gasteiger partial charge in [0, 0.05) is 44.0 Å². The van der Waals surface area contributed by atoms with E-state index in [-0.39, 0.29) is 5.41 Å². The van der Waals surface area contributed by atoms with E-state index in [9.17, 15) is 0 Å². The third-order valence-corrected chi connectivity index (χ3v) is 5.26. The van der Waals surface area contributed by atoms with E-state index < -0.39 is 0 Å². The van der Waals surface area contributed by atoms with Gasteiger partial charge in [-0.3, -0.25) is 0 Å². The van der Waals surface area contributed by atoms with E-state index in [0.29, 0.717) is 6.54 Å². The third kappa shape index (κ3) is 4.22. The van der Waals surface area contributed by atoms with E-state index in [2.05, 4.69) is 16.0 Å². The van der Waals surface area contributed by atoms with Crippen LogP contribution in [-0.4, -0.2) is 55.9 Å². The van der Waals surface area contributed by atoms with Gasteiger partial charge in [0.1, 0.15) is 0 Å². The van der Waals surface area contributed by atoms with E-state index in [1.807, 2.05) is 12.3 Å². The Balaban J connectivity index is 1.48. The summed E-state index contributed by atoms with van der Waals surface area (Å²) in [5.41, 5.74) is 7.29. The first-order chi connectivity index (χ1) is 11.3. The monoisotopic (exact) mass is 319 g/mol. The first kappa shape index (κ1) is 16.7. The van der Waals surface area contributed by atoms with E-state index in [1.54, 1.807) is 0 Å². The van der Waals surface area contributed by atoms with Gasteiger partial charge in [-0.05, 0) is 50.8 Å². The van der Waals surface area contributed by atoms with Crippen molar-refractivity contribution in [2.24, 2.45) is 5.73 Å². The van der Waals surface area contributed by atoms with Gasteiger partial charge in [-0.2, -0.15) is 0 Å². The minimum Gasteiger partial charge on any atom is -0.478 e. The minimum atomic E-state index is 0.0273. The molecule has 0 amide bonds. The van der Waals surface area contributed by atoms with Gasteiger partial charge in [-0.15, -0.1) is 0 Å². The second-order valence-electron chi connectivity index (χ2n) is 6.73. The highest BCUT2D eigenvalue weighted by Gasteiger charge is 2.33. The Morgan fingerprint density at radius 1 is 1.22 bits per heavy atom. The Morgan fingerprint density at radius 3 is 2.65 bits per heavy atom. The van der Waals surface area contributed by atoms with Crippen LogP contribution in [-0.2, 0) is 10.2 Å². The van der Waals surface area contributed by atoms with Crippen LogP contribution in [0.3, 0.4) is 0 Å². The van der Waals surface area contributed by atoms with Crippen molar-refractivity contribution < 1.29 is 9.47 Å². The molecule has 2 fully saturated rings. The standard InChI is InChI=1S/C18H29N3O2/c19-15-18(6-12-22-13-7-18)16-4-5-17(20-14-16)23-11-3-10-21-8-1-2-9-21/h4-5,14H,1-3,6-13,15,19H2. The van der Waals surface area contributed by atoms with Crippen molar-refractivity contribution in [3.63, 3.8) is 0 Å². The molecule has 2 N–H and O–H groups in total. The molecule has 0 spiro atoms. The van der Waals surface area contributed by atoms with Crippen molar-refractivity contribution in [2.75, 3.05) is 46.0 Å². The lowest BCUT2D eigenvalue weighted by molar-refractivity contribution is 0.0528. The molecule has 3 heterocycles. The summed E-state index contributed by atoms with van der Waals surface area (Å²) in [5.74, 6) is 0.717. The van der Waals surface area contributed by atoms with E-state index in [1.165, 1.54) is 31.5 Å². The molecule has 23 heavy (non-hydrogen) atoms. The molecule has 128 valence electrons. The largest absolute Gasteiger partial charge is 0.478 e. The van der Waals surface area contributed by atoms with Crippen LogP contribution in [0.5, 0.6) is 5.88 Å². The number of nitrogens with zero attached hydrogens (tertiary/aromatic N) is 2. The summed E-state index contributed by atoms with van der Waals surface area (Å²) in [6.45, 7) is 6.58. The number of rotatable bonds is 7. The van der Waals surface area contributed by atoms with Crippen molar-refractivity contribution in [3.8, 4) is 5.88 Å². The summed E-state index contributed by atoms with van der Waals surface area (Å²) in [6, 6.07) is 4.11. The van der Waals surface area contributed by atoms with Crippen LogP contribution in [0, 0.1) is 0 Å². The molecule has 5 heteroatoms. The third-order valence-electron chi connectivity index (χ3n) is 5.26. The lowest BCUT2D eigenvalue weighted by atomic mass is 9.75. The highest BCUT2D eigenvalue weighted by Crippen LogP contribution is 2.33. The van der Waals surface area contributed by atoms with Crippen molar-refractivity contribution >= 4 is 0 Å². The van der Waals surface area contributed by atoms with Gasteiger partial charge in [0.15, 0.2) is 0 Å². The van der Waals surface area contributed by atoms with Crippen molar-refractivity contribution in [3.05, 3.63) is 23.9 Å². The molecule has 2 saturated heterocycles. The number of pyridine rings is 1. The lowest BCUT2D eigenvalue weighted by Crippen LogP contribution is -2.40. The fraction of sp³-hybridized carbons (Fsp3) is 0.722. The molecule has 1 aromatic heterocycles. The summed E-state index contributed by atoms with van der Waals surface area (Å²) in [5, 5.41) is 0. The molecular formula is C18H29N3O2. The second-order valence-corrected chi connectivity index (χ2v) is 6.73. The molecule has 1 aromatic rings. The molecule has 2 aliphatic heterocycles. The molecule has 0 aromatic carbocycles. The van der Waals surface area contributed by atoms with Crippen LogP contribution in [0.4, 0.5) is 0 Å². The average molecular weight is 319 g/mol. The van der Waals surface area contributed by atoms with Gasteiger partial charge in [0.25, 0.3) is 0 Å².